The Morgan fingerprint density at radius 1 is 1.25 bits per heavy atom. The second-order valence-electron chi connectivity index (χ2n) is 4.04. The van der Waals surface area contributed by atoms with Crippen molar-refractivity contribution in [3.05, 3.63) is 0 Å². The standard InChI is InChI=1S/C9H17NO2/c11-6-7-3-4-10(5-7)8-1-2-9(8)12/h7-9,11-12H,1-6H2. The van der Waals surface area contributed by atoms with Crippen molar-refractivity contribution in [1.29, 1.82) is 0 Å². The summed E-state index contributed by atoms with van der Waals surface area (Å²) in [5, 5.41) is 18.4. The molecule has 2 N–H and O–H groups in total. The Morgan fingerprint density at radius 3 is 2.50 bits per heavy atom. The van der Waals surface area contributed by atoms with Crippen LogP contribution in [0.4, 0.5) is 0 Å². The van der Waals surface area contributed by atoms with Gasteiger partial charge < -0.3 is 10.2 Å². The predicted molar refractivity (Wildman–Crippen MR) is 45.8 cm³/mol. The van der Waals surface area contributed by atoms with E-state index in [4.69, 9.17) is 5.11 Å². The molecule has 1 aliphatic heterocycles. The first-order valence-corrected chi connectivity index (χ1v) is 4.84. The molecular formula is C9H17NO2. The fourth-order valence-corrected chi connectivity index (χ4v) is 2.20. The van der Waals surface area contributed by atoms with Gasteiger partial charge in [-0.15, -0.1) is 0 Å². The van der Waals surface area contributed by atoms with E-state index in [0.29, 0.717) is 18.6 Å². The molecule has 3 nitrogen and oxygen atoms in total. The normalized spacial score (nSPS) is 43.0. The highest BCUT2D eigenvalue weighted by Gasteiger charge is 2.37. The molecule has 1 saturated carbocycles. The Labute approximate surface area is 73.0 Å². The quantitative estimate of drug-likeness (QED) is 0.606. The van der Waals surface area contributed by atoms with E-state index in [9.17, 15) is 5.11 Å². The van der Waals surface area contributed by atoms with Crippen molar-refractivity contribution in [3.8, 4) is 0 Å². The van der Waals surface area contributed by atoms with E-state index in [1.54, 1.807) is 0 Å². The van der Waals surface area contributed by atoms with Gasteiger partial charge in [0, 0.05) is 19.2 Å². The van der Waals surface area contributed by atoms with Gasteiger partial charge in [-0.2, -0.15) is 0 Å². The number of hydrogen-bond donors (Lipinski definition) is 2. The number of nitrogens with zero attached hydrogens (tertiary/aromatic N) is 1. The Morgan fingerprint density at radius 2 is 2.08 bits per heavy atom. The van der Waals surface area contributed by atoms with E-state index < -0.39 is 0 Å². The number of rotatable bonds is 2. The van der Waals surface area contributed by atoms with Crippen molar-refractivity contribution in [2.45, 2.75) is 31.4 Å². The van der Waals surface area contributed by atoms with Crippen LogP contribution in [0.5, 0.6) is 0 Å². The molecule has 1 saturated heterocycles. The van der Waals surface area contributed by atoms with Gasteiger partial charge in [0.05, 0.1) is 6.10 Å². The third-order valence-corrected chi connectivity index (χ3v) is 3.25. The summed E-state index contributed by atoms with van der Waals surface area (Å²) in [6.45, 7) is 2.35. The Balaban J connectivity index is 1.82. The Bertz CT molecular complexity index is 163. The maximum atomic E-state index is 9.42. The average molecular weight is 171 g/mol. The molecule has 3 unspecified atom stereocenters. The summed E-state index contributed by atoms with van der Waals surface area (Å²) in [5.74, 6) is 0.456. The van der Waals surface area contributed by atoms with Crippen LogP contribution in [0, 0.1) is 5.92 Å². The van der Waals surface area contributed by atoms with Crippen LogP contribution in [0.1, 0.15) is 19.3 Å². The van der Waals surface area contributed by atoms with Gasteiger partial charge in [0.15, 0.2) is 0 Å². The van der Waals surface area contributed by atoms with Crippen LogP contribution < -0.4 is 0 Å². The number of hydrogen-bond acceptors (Lipinski definition) is 3. The van der Waals surface area contributed by atoms with Crippen molar-refractivity contribution in [3.63, 3.8) is 0 Å². The summed E-state index contributed by atoms with van der Waals surface area (Å²) >= 11 is 0. The number of likely N-dealkylation sites (tertiary alicyclic amines) is 1. The van der Waals surface area contributed by atoms with E-state index >= 15 is 0 Å². The molecule has 0 aromatic carbocycles. The van der Waals surface area contributed by atoms with Gasteiger partial charge in [0.2, 0.25) is 0 Å². The maximum absolute atomic E-state index is 9.42. The van der Waals surface area contributed by atoms with E-state index in [1.807, 2.05) is 0 Å². The van der Waals surface area contributed by atoms with E-state index in [1.165, 1.54) is 0 Å². The van der Waals surface area contributed by atoms with E-state index in [2.05, 4.69) is 4.90 Å². The second kappa shape index (κ2) is 3.32. The van der Waals surface area contributed by atoms with Crippen LogP contribution in [-0.4, -0.2) is 47.0 Å². The number of aliphatic hydroxyl groups excluding tert-OH is 2. The lowest BCUT2D eigenvalue weighted by Crippen LogP contribution is -2.49. The highest BCUT2D eigenvalue weighted by molar-refractivity contribution is 4.92. The molecule has 3 heteroatoms. The van der Waals surface area contributed by atoms with Crippen LogP contribution >= 0.6 is 0 Å². The van der Waals surface area contributed by atoms with Gasteiger partial charge in [-0.1, -0.05) is 0 Å². The van der Waals surface area contributed by atoms with Gasteiger partial charge >= 0.3 is 0 Å². The summed E-state index contributed by atoms with van der Waals surface area (Å²) in [5.41, 5.74) is 0. The first-order chi connectivity index (χ1) is 5.81. The minimum absolute atomic E-state index is 0.0950. The summed E-state index contributed by atoms with van der Waals surface area (Å²) < 4.78 is 0. The summed E-state index contributed by atoms with van der Waals surface area (Å²) in [6.07, 6.45) is 3.10. The first-order valence-electron chi connectivity index (χ1n) is 4.84. The van der Waals surface area contributed by atoms with Crippen molar-refractivity contribution in [2.24, 2.45) is 5.92 Å². The van der Waals surface area contributed by atoms with Crippen molar-refractivity contribution in [2.75, 3.05) is 19.7 Å². The Hall–Kier alpha value is -0.120. The molecule has 0 aromatic heterocycles. The topological polar surface area (TPSA) is 43.7 Å². The van der Waals surface area contributed by atoms with Gasteiger partial charge in [0.1, 0.15) is 0 Å². The fourth-order valence-electron chi connectivity index (χ4n) is 2.20. The summed E-state index contributed by atoms with van der Waals surface area (Å²) in [6, 6.07) is 0.404. The van der Waals surface area contributed by atoms with Crippen molar-refractivity contribution >= 4 is 0 Å². The number of aliphatic hydroxyl groups is 2. The molecule has 2 fully saturated rings. The van der Waals surface area contributed by atoms with Crippen molar-refractivity contribution in [1.82, 2.24) is 4.90 Å². The SMILES string of the molecule is OCC1CCN(C2CCC2O)C1. The molecule has 1 aliphatic carbocycles. The third kappa shape index (κ3) is 1.37. The van der Waals surface area contributed by atoms with E-state index in [-0.39, 0.29) is 6.10 Å². The van der Waals surface area contributed by atoms with Crippen LogP contribution in [0.15, 0.2) is 0 Å². The highest BCUT2D eigenvalue weighted by atomic mass is 16.3. The molecule has 0 bridgehead atoms. The molecule has 0 amide bonds. The molecule has 0 spiro atoms. The molecule has 3 atom stereocenters. The second-order valence-corrected chi connectivity index (χ2v) is 4.04. The molecule has 12 heavy (non-hydrogen) atoms. The smallest absolute Gasteiger partial charge is 0.0696 e. The highest BCUT2D eigenvalue weighted by Crippen LogP contribution is 2.29. The largest absolute Gasteiger partial charge is 0.396 e. The zero-order valence-electron chi connectivity index (χ0n) is 7.32. The lowest BCUT2D eigenvalue weighted by atomic mass is 9.88. The van der Waals surface area contributed by atoms with Gasteiger partial charge in [-0.25, -0.2) is 0 Å². The van der Waals surface area contributed by atoms with Gasteiger partial charge in [-0.3, -0.25) is 4.90 Å². The summed E-state index contributed by atoms with van der Waals surface area (Å²) in [7, 11) is 0. The monoisotopic (exact) mass is 171 g/mol. The minimum atomic E-state index is -0.0950. The summed E-state index contributed by atoms with van der Waals surface area (Å²) in [4.78, 5) is 2.33. The molecule has 70 valence electrons. The lowest BCUT2D eigenvalue weighted by Gasteiger charge is -2.39. The molecular weight excluding hydrogens is 154 g/mol. The maximum Gasteiger partial charge on any atom is 0.0696 e. The van der Waals surface area contributed by atoms with Crippen LogP contribution in [0.25, 0.3) is 0 Å². The zero-order chi connectivity index (χ0) is 8.55. The first kappa shape index (κ1) is 8.48. The van der Waals surface area contributed by atoms with Crippen molar-refractivity contribution < 1.29 is 10.2 Å². The molecule has 0 aromatic rings. The molecule has 2 aliphatic rings. The Kier molecular flexibility index (Phi) is 2.35. The average Bonchev–Trinajstić information content (AvgIpc) is 2.50. The minimum Gasteiger partial charge on any atom is -0.396 e. The third-order valence-electron chi connectivity index (χ3n) is 3.25. The van der Waals surface area contributed by atoms with Gasteiger partial charge in [0.25, 0.3) is 0 Å². The van der Waals surface area contributed by atoms with Crippen LogP contribution in [0.2, 0.25) is 0 Å². The van der Waals surface area contributed by atoms with Crippen LogP contribution in [0.3, 0.4) is 0 Å². The van der Waals surface area contributed by atoms with E-state index in [0.717, 1.165) is 32.4 Å². The predicted octanol–water partition coefficient (Wildman–Crippen LogP) is -0.176. The lowest BCUT2D eigenvalue weighted by molar-refractivity contribution is -0.0132. The molecule has 0 radical (unpaired) electrons. The van der Waals surface area contributed by atoms with Gasteiger partial charge in [-0.05, 0) is 31.7 Å². The fraction of sp³-hybridized carbons (Fsp3) is 1.00. The molecule has 2 rings (SSSR count). The zero-order valence-corrected chi connectivity index (χ0v) is 7.32. The van der Waals surface area contributed by atoms with Crippen LogP contribution in [-0.2, 0) is 0 Å². The molecule has 1 heterocycles.